The van der Waals surface area contributed by atoms with Gasteiger partial charge in [-0.15, -0.1) is 0 Å². The van der Waals surface area contributed by atoms with E-state index in [2.05, 4.69) is 10.5 Å². The summed E-state index contributed by atoms with van der Waals surface area (Å²) in [5.74, 6) is 1.25. The maximum absolute atomic E-state index is 12.7. The molecule has 0 spiro atoms. The summed E-state index contributed by atoms with van der Waals surface area (Å²) in [5.41, 5.74) is 4.10. The van der Waals surface area contributed by atoms with Gasteiger partial charge in [0, 0.05) is 11.1 Å². The number of phenolic OH excluding ortho intramolecular Hbond substituents is 1. The van der Waals surface area contributed by atoms with Gasteiger partial charge < -0.3 is 24.1 Å². The Morgan fingerprint density at radius 3 is 2.03 bits per heavy atom. The molecular weight excluding hydrogens is 388 g/mol. The van der Waals surface area contributed by atoms with Crippen molar-refractivity contribution in [2.24, 2.45) is 5.10 Å². The van der Waals surface area contributed by atoms with Gasteiger partial charge in [0.2, 0.25) is 5.75 Å². The third-order valence-corrected chi connectivity index (χ3v) is 4.09. The third-order valence-electron chi connectivity index (χ3n) is 4.09. The van der Waals surface area contributed by atoms with E-state index in [4.69, 9.17) is 18.9 Å². The van der Waals surface area contributed by atoms with Gasteiger partial charge in [0.1, 0.15) is 0 Å². The molecule has 2 aromatic carbocycles. The van der Waals surface area contributed by atoms with Gasteiger partial charge >= 0.3 is 0 Å². The lowest BCUT2D eigenvalue weighted by molar-refractivity contribution is 0.0953. The van der Waals surface area contributed by atoms with Crippen molar-refractivity contribution < 1.29 is 28.8 Å². The van der Waals surface area contributed by atoms with Crippen LogP contribution in [0.2, 0.25) is 0 Å². The number of nitrogens with one attached hydrogen (secondary N) is 1. The van der Waals surface area contributed by atoms with E-state index in [-0.39, 0.29) is 5.75 Å². The minimum absolute atomic E-state index is 0.0272. The Bertz CT molecular complexity index is 883. The fourth-order valence-corrected chi connectivity index (χ4v) is 2.69. The average molecular weight is 416 g/mol. The Labute approximate surface area is 176 Å². The normalized spacial score (nSPS) is 11.0. The zero-order valence-electron chi connectivity index (χ0n) is 17.9. The molecule has 2 aromatic rings. The third kappa shape index (κ3) is 5.56. The van der Waals surface area contributed by atoms with Gasteiger partial charge in [-0.05, 0) is 58.0 Å². The number of carbonyl (C=O) groups excluding carboxylic acids is 1. The van der Waals surface area contributed by atoms with E-state index in [0.29, 0.717) is 59.7 Å². The molecule has 0 radical (unpaired) electrons. The van der Waals surface area contributed by atoms with E-state index < -0.39 is 5.91 Å². The van der Waals surface area contributed by atoms with Gasteiger partial charge in [0.25, 0.3) is 5.91 Å². The number of hydrogen-bond acceptors (Lipinski definition) is 7. The summed E-state index contributed by atoms with van der Waals surface area (Å²) in [6.07, 6.45) is 0. The fourth-order valence-electron chi connectivity index (χ4n) is 2.69. The molecule has 0 saturated heterocycles. The lowest BCUT2D eigenvalue weighted by atomic mass is 10.1. The van der Waals surface area contributed by atoms with Crippen molar-refractivity contribution in [3.8, 4) is 28.7 Å². The number of nitrogens with zero attached hydrogens (tertiary/aromatic N) is 1. The van der Waals surface area contributed by atoms with Crippen LogP contribution in [0.4, 0.5) is 0 Å². The predicted octanol–water partition coefficient (Wildman–Crippen LogP) is 3.75. The van der Waals surface area contributed by atoms with Crippen LogP contribution in [0.3, 0.4) is 0 Å². The number of amides is 1. The van der Waals surface area contributed by atoms with Crippen LogP contribution >= 0.6 is 0 Å². The first-order chi connectivity index (χ1) is 14.4. The Morgan fingerprint density at radius 1 is 0.933 bits per heavy atom. The van der Waals surface area contributed by atoms with Crippen molar-refractivity contribution in [3.05, 3.63) is 41.5 Å². The van der Waals surface area contributed by atoms with Gasteiger partial charge in [-0.3, -0.25) is 4.79 Å². The van der Waals surface area contributed by atoms with Crippen molar-refractivity contribution in [2.75, 3.05) is 26.9 Å². The van der Waals surface area contributed by atoms with E-state index in [1.54, 1.807) is 31.2 Å². The van der Waals surface area contributed by atoms with Crippen molar-refractivity contribution >= 4 is 11.6 Å². The standard InChI is InChI=1S/C22H28N2O6/c1-6-28-19-12-16(13-20(29-7-2)21(19)30-8-3)22(26)24-23-14(4)15-9-10-17(25)18(11-15)27-5/h9-13,25H,6-8H2,1-5H3,(H,24,26)/b23-14+. The summed E-state index contributed by atoms with van der Waals surface area (Å²) in [5, 5.41) is 13.9. The van der Waals surface area contributed by atoms with Crippen molar-refractivity contribution in [1.82, 2.24) is 5.43 Å². The summed E-state index contributed by atoms with van der Waals surface area (Å²) < 4.78 is 22.0. The molecular formula is C22H28N2O6. The number of aromatic hydroxyl groups is 1. The van der Waals surface area contributed by atoms with Crippen LogP contribution in [0.15, 0.2) is 35.4 Å². The molecule has 162 valence electrons. The molecule has 0 aliphatic rings. The molecule has 0 atom stereocenters. The van der Waals surface area contributed by atoms with Crippen molar-refractivity contribution in [3.63, 3.8) is 0 Å². The first-order valence-electron chi connectivity index (χ1n) is 9.73. The summed E-state index contributed by atoms with van der Waals surface area (Å²) in [6, 6.07) is 8.02. The topological polar surface area (TPSA) is 98.6 Å². The summed E-state index contributed by atoms with van der Waals surface area (Å²) in [6.45, 7) is 8.56. The number of methoxy groups -OCH3 is 1. The highest BCUT2D eigenvalue weighted by atomic mass is 16.5. The Balaban J connectivity index is 2.30. The second kappa shape index (κ2) is 10.9. The van der Waals surface area contributed by atoms with Crippen LogP contribution < -0.4 is 24.4 Å². The zero-order chi connectivity index (χ0) is 22.1. The smallest absolute Gasteiger partial charge is 0.271 e. The first-order valence-corrected chi connectivity index (χ1v) is 9.73. The van der Waals surface area contributed by atoms with Gasteiger partial charge in [-0.1, -0.05) is 0 Å². The molecule has 0 aliphatic heterocycles. The molecule has 0 aliphatic carbocycles. The molecule has 30 heavy (non-hydrogen) atoms. The number of benzene rings is 2. The predicted molar refractivity (Wildman–Crippen MR) is 114 cm³/mol. The van der Waals surface area contributed by atoms with Gasteiger partial charge in [0.15, 0.2) is 23.0 Å². The van der Waals surface area contributed by atoms with E-state index >= 15 is 0 Å². The number of rotatable bonds is 10. The van der Waals surface area contributed by atoms with Crippen LogP contribution in [0.1, 0.15) is 43.6 Å². The Hall–Kier alpha value is -3.42. The fraction of sp³-hybridized carbons (Fsp3) is 0.364. The number of hydrazone groups is 1. The molecule has 2 N–H and O–H groups in total. The van der Waals surface area contributed by atoms with E-state index in [1.807, 2.05) is 20.8 Å². The summed E-state index contributed by atoms with van der Waals surface area (Å²) in [7, 11) is 1.46. The van der Waals surface area contributed by atoms with Crippen LogP contribution in [0.25, 0.3) is 0 Å². The van der Waals surface area contributed by atoms with Crippen LogP contribution in [0, 0.1) is 0 Å². The van der Waals surface area contributed by atoms with Gasteiger partial charge in [-0.25, -0.2) is 5.43 Å². The first kappa shape index (κ1) is 22.9. The molecule has 0 unspecified atom stereocenters. The SMILES string of the molecule is CCOc1cc(C(=O)N/N=C(\C)c2ccc(O)c(OC)c2)cc(OCC)c1OCC. The van der Waals surface area contributed by atoms with Crippen LogP contribution in [0.5, 0.6) is 28.7 Å². The summed E-state index contributed by atoms with van der Waals surface area (Å²) in [4.78, 5) is 12.7. The molecule has 8 nitrogen and oxygen atoms in total. The second-order valence-electron chi connectivity index (χ2n) is 6.13. The molecule has 0 bridgehead atoms. The molecule has 0 saturated carbocycles. The molecule has 2 rings (SSSR count). The van der Waals surface area contributed by atoms with Crippen molar-refractivity contribution in [2.45, 2.75) is 27.7 Å². The van der Waals surface area contributed by atoms with Crippen LogP contribution in [-0.2, 0) is 0 Å². The second-order valence-corrected chi connectivity index (χ2v) is 6.13. The molecule has 0 heterocycles. The van der Waals surface area contributed by atoms with Gasteiger partial charge in [0.05, 0.1) is 32.6 Å². The lowest BCUT2D eigenvalue weighted by Gasteiger charge is -2.16. The van der Waals surface area contributed by atoms with Crippen molar-refractivity contribution in [1.29, 1.82) is 0 Å². The molecule has 0 aromatic heterocycles. The molecule has 1 amide bonds. The molecule has 8 heteroatoms. The highest BCUT2D eigenvalue weighted by Crippen LogP contribution is 2.39. The highest BCUT2D eigenvalue weighted by molar-refractivity contribution is 6.01. The van der Waals surface area contributed by atoms with Crippen LogP contribution in [-0.4, -0.2) is 43.7 Å². The lowest BCUT2D eigenvalue weighted by Crippen LogP contribution is -2.20. The van der Waals surface area contributed by atoms with E-state index in [1.165, 1.54) is 13.2 Å². The maximum atomic E-state index is 12.7. The zero-order valence-corrected chi connectivity index (χ0v) is 17.9. The largest absolute Gasteiger partial charge is 0.504 e. The highest BCUT2D eigenvalue weighted by Gasteiger charge is 2.18. The average Bonchev–Trinajstić information content (AvgIpc) is 2.74. The Morgan fingerprint density at radius 2 is 1.50 bits per heavy atom. The van der Waals surface area contributed by atoms with E-state index in [0.717, 1.165) is 0 Å². The van der Waals surface area contributed by atoms with Gasteiger partial charge in [-0.2, -0.15) is 5.10 Å². The minimum Gasteiger partial charge on any atom is -0.504 e. The number of carbonyl (C=O) groups is 1. The minimum atomic E-state index is -0.426. The number of phenols is 1. The summed E-state index contributed by atoms with van der Waals surface area (Å²) >= 11 is 0. The monoisotopic (exact) mass is 416 g/mol. The number of ether oxygens (including phenoxy) is 4. The Kier molecular flexibility index (Phi) is 8.34. The quantitative estimate of drug-likeness (QED) is 0.452. The number of hydrogen-bond donors (Lipinski definition) is 2. The van der Waals surface area contributed by atoms with E-state index in [9.17, 15) is 9.90 Å². The maximum Gasteiger partial charge on any atom is 0.271 e. The molecule has 0 fully saturated rings.